The van der Waals surface area contributed by atoms with Crippen molar-refractivity contribution in [1.82, 2.24) is 5.32 Å². The van der Waals surface area contributed by atoms with Gasteiger partial charge in [-0.2, -0.15) is 0 Å². The highest BCUT2D eigenvalue weighted by Crippen LogP contribution is 2.22. The SMILES string of the molecule is CNCC(C)C(=O)Nc1ccccc1CS(=O)(=O)c1ccccc1.Cl. The van der Waals surface area contributed by atoms with Crippen LogP contribution in [0.25, 0.3) is 0 Å². The molecule has 0 aromatic heterocycles. The first-order chi connectivity index (χ1) is 11.4. The summed E-state index contributed by atoms with van der Waals surface area (Å²) in [6.07, 6.45) is 0. The number of benzene rings is 2. The van der Waals surface area contributed by atoms with E-state index in [-0.39, 0.29) is 34.9 Å². The third-order valence-electron chi connectivity index (χ3n) is 3.68. The Morgan fingerprint density at radius 2 is 1.64 bits per heavy atom. The second-order valence-corrected chi connectivity index (χ2v) is 7.67. The molecule has 0 radical (unpaired) electrons. The first kappa shape index (κ1) is 21.2. The molecular weight excluding hydrogens is 360 g/mol. The molecule has 0 spiro atoms. The summed E-state index contributed by atoms with van der Waals surface area (Å²) in [6, 6.07) is 15.3. The number of rotatable bonds is 7. The van der Waals surface area contributed by atoms with Gasteiger partial charge in [0, 0.05) is 18.2 Å². The fourth-order valence-corrected chi connectivity index (χ4v) is 3.74. The Labute approximate surface area is 155 Å². The lowest BCUT2D eigenvalue weighted by atomic mass is 10.1. The van der Waals surface area contributed by atoms with Gasteiger partial charge in [-0.1, -0.05) is 43.3 Å². The second kappa shape index (κ2) is 9.56. The number of halogens is 1. The maximum Gasteiger partial charge on any atom is 0.228 e. The highest BCUT2D eigenvalue weighted by atomic mass is 35.5. The third-order valence-corrected chi connectivity index (χ3v) is 5.36. The number of anilines is 1. The first-order valence-corrected chi connectivity index (χ1v) is 9.40. The number of carbonyl (C=O) groups excluding carboxylic acids is 1. The summed E-state index contributed by atoms with van der Waals surface area (Å²) in [5.74, 6) is -0.517. The molecular formula is C18H23ClN2O3S. The number of nitrogens with one attached hydrogen (secondary N) is 2. The normalized spacial score (nSPS) is 12.1. The Bertz CT molecular complexity index is 795. The van der Waals surface area contributed by atoms with Crippen molar-refractivity contribution < 1.29 is 13.2 Å². The van der Waals surface area contributed by atoms with E-state index in [4.69, 9.17) is 0 Å². The lowest BCUT2D eigenvalue weighted by Gasteiger charge is -2.15. The lowest BCUT2D eigenvalue weighted by Crippen LogP contribution is -2.29. The zero-order valence-electron chi connectivity index (χ0n) is 14.2. The molecule has 0 saturated carbocycles. The summed E-state index contributed by atoms with van der Waals surface area (Å²) in [4.78, 5) is 12.5. The van der Waals surface area contributed by atoms with Crippen LogP contribution in [0.1, 0.15) is 12.5 Å². The van der Waals surface area contributed by atoms with Gasteiger partial charge in [0.25, 0.3) is 0 Å². The molecule has 0 aliphatic rings. The van der Waals surface area contributed by atoms with Gasteiger partial charge in [-0.15, -0.1) is 12.4 Å². The number of para-hydroxylation sites is 1. The van der Waals surface area contributed by atoms with E-state index < -0.39 is 9.84 Å². The Morgan fingerprint density at radius 1 is 1.04 bits per heavy atom. The van der Waals surface area contributed by atoms with Crippen LogP contribution in [-0.4, -0.2) is 27.9 Å². The fraction of sp³-hybridized carbons (Fsp3) is 0.278. The second-order valence-electron chi connectivity index (χ2n) is 5.68. The monoisotopic (exact) mass is 382 g/mol. The molecule has 5 nitrogen and oxygen atoms in total. The number of hydrogen-bond acceptors (Lipinski definition) is 4. The topological polar surface area (TPSA) is 75.3 Å². The van der Waals surface area contributed by atoms with Crippen LogP contribution in [0.15, 0.2) is 59.5 Å². The average molecular weight is 383 g/mol. The highest BCUT2D eigenvalue weighted by molar-refractivity contribution is 7.90. The maximum absolute atomic E-state index is 12.6. The van der Waals surface area contributed by atoms with E-state index in [2.05, 4.69) is 10.6 Å². The summed E-state index contributed by atoms with van der Waals surface area (Å²) in [5, 5.41) is 5.78. The summed E-state index contributed by atoms with van der Waals surface area (Å²) in [5.41, 5.74) is 1.11. The minimum Gasteiger partial charge on any atom is -0.326 e. The van der Waals surface area contributed by atoms with E-state index in [0.29, 0.717) is 17.8 Å². The number of carbonyl (C=O) groups is 1. The zero-order chi connectivity index (χ0) is 17.6. The molecule has 2 N–H and O–H groups in total. The van der Waals surface area contributed by atoms with Crippen LogP contribution in [0.3, 0.4) is 0 Å². The number of amides is 1. The molecule has 0 heterocycles. The van der Waals surface area contributed by atoms with Gasteiger partial charge < -0.3 is 10.6 Å². The van der Waals surface area contributed by atoms with Crippen molar-refractivity contribution in [2.24, 2.45) is 5.92 Å². The molecule has 1 atom stereocenters. The standard InChI is InChI=1S/C18H22N2O3S.ClH/c1-14(12-19-2)18(21)20-17-11-7-6-8-15(17)13-24(22,23)16-9-4-3-5-10-16;/h3-11,14,19H,12-13H2,1-2H3,(H,20,21);1H. The average Bonchev–Trinajstić information content (AvgIpc) is 2.57. The number of sulfone groups is 1. The molecule has 0 fully saturated rings. The molecule has 2 aromatic carbocycles. The van der Waals surface area contributed by atoms with E-state index in [1.54, 1.807) is 61.6 Å². The molecule has 0 saturated heterocycles. The van der Waals surface area contributed by atoms with E-state index in [1.165, 1.54) is 0 Å². The van der Waals surface area contributed by atoms with Crippen LogP contribution in [0.2, 0.25) is 0 Å². The van der Waals surface area contributed by atoms with Gasteiger partial charge in [0.1, 0.15) is 0 Å². The minimum absolute atomic E-state index is 0. The molecule has 0 aliphatic heterocycles. The van der Waals surface area contributed by atoms with Crippen LogP contribution in [0.5, 0.6) is 0 Å². The van der Waals surface area contributed by atoms with Crippen molar-refractivity contribution in [1.29, 1.82) is 0 Å². The van der Waals surface area contributed by atoms with Crippen molar-refractivity contribution in [3.8, 4) is 0 Å². The summed E-state index contributed by atoms with van der Waals surface area (Å²) in [7, 11) is -1.68. The van der Waals surface area contributed by atoms with Crippen molar-refractivity contribution in [2.75, 3.05) is 18.9 Å². The summed E-state index contributed by atoms with van der Waals surface area (Å²) >= 11 is 0. The lowest BCUT2D eigenvalue weighted by molar-refractivity contribution is -0.119. The predicted molar refractivity (Wildman–Crippen MR) is 103 cm³/mol. The molecule has 0 bridgehead atoms. The Balaban J connectivity index is 0.00000312. The first-order valence-electron chi connectivity index (χ1n) is 7.75. The van der Waals surface area contributed by atoms with Crippen LogP contribution in [0.4, 0.5) is 5.69 Å². The Hall–Kier alpha value is -1.89. The highest BCUT2D eigenvalue weighted by Gasteiger charge is 2.19. The maximum atomic E-state index is 12.6. The largest absolute Gasteiger partial charge is 0.326 e. The van der Waals surface area contributed by atoms with Crippen molar-refractivity contribution >= 4 is 33.8 Å². The fourth-order valence-electron chi connectivity index (χ4n) is 2.34. The van der Waals surface area contributed by atoms with Gasteiger partial charge in [0.2, 0.25) is 5.91 Å². The van der Waals surface area contributed by atoms with Gasteiger partial charge in [-0.05, 0) is 30.8 Å². The molecule has 1 unspecified atom stereocenters. The van der Waals surface area contributed by atoms with Crippen molar-refractivity contribution in [2.45, 2.75) is 17.6 Å². The van der Waals surface area contributed by atoms with E-state index in [1.807, 2.05) is 6.92 Å². The predicted octanol–water partition coefficient (Wildman–Crippen LogP) is 2.88. The van der Waals surface area contributed by atoms with Crippen LogP contribution in [0, 0.1) is 5.92 Å². The van der Waals surface area contributed by atoms with Crippen molar-refractivity contribution in [3.63, 3.8) is 0 Å². The smallest absolute Gasteiger partial charge is 0.228 e. The molecule has 0 aliphatic carbocycles. The molecule has 2 aromatic rings. The van der Waals surface area contributed by atoms with Gasteiger partial charge in [-0.25, -0.2) is 8.42 Å². The van der Waals surface area contributed by atoms with Crippen LogP contribution in [-0.2, 0) is 20.4 Å². The summed E-state index contributed by atoms with van der Waals surface area (Å²) < 4.78 is 25.1. The molecule has 2 rings (SSSR count). The number of hydrogen-bond donors (Lipinski definition) is 2. The van der Waals surface area contributed by atoms with E-state index >= 15 is 0 Å². The van der Waals surface area contributed by atoms with E-state index in [0.717, 1.165) is 0 Å². The van der Waals surface area contributed by atoms with Crippen molar-refractivity contribution in [3.05, 3.63) is 60.2 Å². The Morgan fingerprint density at radius 3 is 2.28 bits per heavy atom. The van der Waals surface area contributed by atoms with Gasteiger partial charge in [0.05, 0.1) is 10.6 Å². The van der Waals surface area contributed by atoms with Crippen LogP contribution >= 0.6 is 12.4 Å². The van der Waals surface area contributed by atoms with E-state index in [9.17, 15) is 13.2 Å². The van der Waals surface area contributed by atoms with Gasteiger partial charge in [-0.3, -0.25) is 4.79 Å². The van der Waals surface area contributed by atoms with Gasteiger partial charge >= 0.3 is 0 Å². The third kappa shape index (κ3) is 5.85. The molecule has 7 heteroatoms. The molecule has 136 valence electrons. The minimum atomic E-state index is -3.47. The molecule has 1 amide bonds. The van der Waals surface area contributed by atoms with Gasteiger partial charge in [0.15, 0.2) is 9.84 Å². The van der Waals surface area contributed by atoms with Crippen LogP contribution < -0.4 is 10.6 Å². The Kier molecular flexibility index (Phi) is 8.09. The molecule has 25 heavy (non-hydrogen) atoms. The summed E-state index contributed by atoms with van der Waals surface area (Å²) in [6.45, 7) is 2.37. The zero-order valence-corrected chi connectivity index (χ0v) is 15.9. The quantitative estimate of drug-likeness (QED) is 0.772.